The Morgan fingerprint density at radius 2 is 2.23 bits per heavy atom. The number of H-pyrrole nitrogens is 2. The summed E-state index contributed by atoms with van der Waals surface area (Å²) in [5, 5.41) is 8.37. The van der Waals surface area contributed by atoms with Crippen LogP contribution in [0.5, 0.6) is 0 Å². The zero-order valence-corrected chi connectivity index (χ0v) is 7.99. The number of aromatic amines is 2. The largest absolute Gasteiger partial charge is 0.336 e. The Kier molecular flexibility index (Phi) is 2.98. The highest BCUT2D eigenvalue weighted by Crippen LogP contribution is 2.00. The number of aryl methyl sites for hydroxylation is 1. The van der Waals surface area contributed by atoms with Crippen LogP contribution in [0.4, 0.5) is 0 Å². The number of hydrogen-bond donors (Lipinski definition) is 2. The van der Waals surface area contributed by atoms with Gasteiger partial charge in [-0.05, 0) is 25.6 Å². The smallest absolute Gasteiger partial charge is 0.255 e. The van der Waals surface area contributed by atoms with Gasteiger partial charge in [0.15, 0.2) is 4.77 Å². The minimum absolute atomic E-state index is 0.198. The molecule has 4 nitrogen and oxygen atoms in total. The third kappa shape index (κ3) is 2.26. The van der Waals surface area contributed by atoms with Crippen LogP contribution >= 0.6 is 12.2 Å². The van der Waals surface area contributed by atoms with Crippen LogP contribution in [0.25, 0.3) is 0 Å². The molecule has 0 saturated carbocycles. The summed E-state index contributed by atoms with van der Waals surface area (Å²) in [5.74, 6) is 0. The summed E-state index contributed by atoms with van der Waals surface area (Å²) >= 11 is 4.78. The average molecular weight is 195 g/mol. The van der Waals surface area contributed by atoms with Crippen molar-refractivity contribution in [3.05, 3.63) is 26.4 Å². The first-order chi connectivity index (χ1) is 6.15. The van der Waals surface area contributed by atoms with Crippen molar-refractivity contribution in [3.8, 4) is 6.07 Å². The molecule has 0 fully saturated rings. The zero-order chi connectivity index (χ0) is 9.84. The Bertz CT molecular complexity index is 452. The van der Waals surface area contributed by atoms with Crippen LogP contribution in [0.2, 0.25) is 0 Å². The minimum atomic E-state index is -0.198. The van der Waals surface area contributed by atoms with E-state index in [-0.39, 0.29) is 5.56 Å². The second kappa shape index (κ2) is 4.01. The summed E-state index contributed by atoms with van der Waals surface area (Å²) < 4.78 is 0.322. The summed E-state index contributed by atoms with van der Waals surface area (Å²) in [6.07, 6.45) is 0.804. The number of nitrogens with zero attached hydrogens (tertiary/aromatic N) is 1. The molecule has 1 rings (SSSR count). The predicted molar refractivity (Wildman–Crippen MR) is 50.9 cm³/mol. The zero-order valence-electron chi connectivity index (χ0n) is 7.18. The third-order valence-electron chi connectivity index (χ3n) is 1.74. The first-order valence-corrected chi connectivity index (χ1v) is 4.25. The van der Waals surface area contributed by atoms with Gasteiger partial charge in [-0.25, -0.2) is 0 Å². The van der Waals surface area contributed by atoms with Gasteiger partial charge in [-0.2, -0.15) is 5.26 Å². The van der Waals surface area contributed by atoms with E-state index in [0.717, 1.165) is 5.69 Å². The molecule has 0 amide bonds. The molecule has 2 N–H and O–H groups in total. The van der Waals surface area contributed by atoms with Crippen LogP contribution in [-0.4, -0.2) is 9.97 Å². The van der Waals surface area contributed by atoms with Crippen molar-refractivity contribution in [2.75, 3.05) is 0 Å². The summed E-state index contributed by atoms with van der Waals surface area (Å²) in [4.78, 5) is 16.6. The van der Waals surface area contributed by atoms with Crippen molar-refractivity contribution in [1.82, 2.24) is 9.97 Å². The SMILES string of the molecule is Cc1[nH]c(=S)[nH]c(=O)c1CCC#N. The van der Waals surface area contributed by atoms with Crippen molar-refractivity contribution in [1.29, 1.82) is 5.26 Å². The molecule has 0 atom stereocenters. The van der Waals surface area contributed by atoms with E-state index in [1.165, 1.54) is 0 Å². The molecule has 0 bridgehead atoms. The molecule has 5 heteroatoms. The van der Waals surface area contributed by atoms with Gasteiger partial charge in [-0.3, -0.25) is 9.78 Å². The second-order valence-electron chi connectivity index (χ2n) is 2.67. The number of hydrogen-bond acceptors (Lipinski definition) is 3. The molecular weight excluding hydrogens is 186 g/mol. The van der Waals surface area contributed by atoms with E-state index < -0.39 is 0 Å². The number of rotatable bonds is 2. The molecule has 0 aliphatic heterocycles. The van der Waals surface area contributed by atoms with Crippen LogP contribution < -0.4 is 5.56 Å². The molecule has 0 unspecified atom stereocenters. The highest BCUT2D eigenvalue weighted by atomic mass is 32.1. The summed E-state index contributed by atoms with van der Waals surface area (Å²) in [7, 11) is 0. The monoisotopic (exact) mass is 195 g/mol. The molecule has 0 aliphatic carbocycles. The quantitative estimate of drug-likeness (QED) is 0.696. The molecule has 68 valence electrons. The Labute approximate surface area is 80.2 Å². The molecule has 0 saturated heterocycles. The van der Waals surface area contributed by atoms with Gasteiger partial charge in [-0.15, -0.1) is 0 Å². The molecular formula is C8H9N3OS. The van der Waals surface area contributed by atoms with E-state index in [2.05, 4.69) is 9.97 Å². The Balaban J connectivity index is 3.16. The van der Waals surface area contributed by atoms with Crippen molar-refractivity contribution >= 4 is 12.2 Å². The van der Waals surface area contributed by atoms with Crippen LogP contribution in [0.1, 0.15) is 17.7 Å². The topological polar surface area (TPSA) is 72.4 Å². The fourth-order valence-corrected chi connectivity index (χ4v) is 1.35. The van der Waals surface area contributed by atoms with Crippen molar-refractivity contribution in [2.45, 2.75) is 19.8 Å². The summed E-state index contributed by atoms with van der Waals surface area (Å²) in [6, 6.07) is 1.99. The molecule has 0 aliphatic rings. The van der Waals surface area contributed by atoms with Gasteiger partial charge < -0.3 is 4.98 Å². The maximum Gasteiger partial charge on any atom is 0.255 e. The van der Waals surface area contributed by atoms with Gasteiger partial charge in [0, 0.05) is 17.7 Å². The van der Waals surface area contributed by atoms with Gasteiger partial charge in [0.2, 0.25) is 0 Å². The van der Waals surface area contributed by atoms with Gasteiger partial charge in [-0.1, -0.05) is 0 Å². The van der Waals surface area contributed by atoms with Crippen LogP contribution in [0, 0.1) is 23.0 Å². The first-order valence-electron chi connectivity index (χ1n) is 3.84. The van der Waals surface area contributed by atoms with Crippen molar-refractivity contribution in [2.24, 2.45) is 0 Å². The normalized spacial score (nSPS) is 9.54. The summed E-state index contributed by atoms with van der Waals surface area (Å²) in [6.45, 7) is 1.78. The summed E-state index contributed by atoms with van der Waals surface area (Å²) in [5.41, 5.74) is 1.15. The van der Waals surface area contributed by atoms with Gasteiger partial charge in [0.05, 0.1) is 6.07 Å². The lowest BCUT2D eigenvalue weighted by Gasteiger charge is -2.00. The van der Waals surface area contributed by atoms with Gasteiger partial charge in [0.25, 0.3) is 5.56 Å². The molecule has 13 heavy (non-hydrogen) atoms. The highest BCUT2D eigenvalue weighted by Gasteiger charge is 2.03. The van der Waals surface area contributed by atoms with Gasteiger partial charge in [0.1, 0.15) is 0 Å². The van der Waals surface area contributed by atoms with Crippen molar-refractivity contribution < 1.29 is 0 Å². The van der Waals surface area contributed by atoms with Crippen LogP contribution in [0.3, 0.4) is 0 Å². The van der Waals surface area contributed by atoms with Crippen LogP contribution in [0.15, 0.2) is 4.79 Å². The lowest BCUT2D eigenvalue weighted by Crippen LogP contribution is -2.16. The molecule has 1 aromatic heterocycles. The number of nitriles is 1. The fraction of sp³-hybridized carbons (Fsp3) is 0.375. The number of aromatic nitrogens is 2. The van der Waals surface area contributed by atoms with Crippen LogP contribution in [-0.2, 0) is 6.42 Å². The van der Waals surface area contributed by atoms with E-state index in [1.807, 2.05) is 6.07 Å². The molecule has 1 heterocycles. The van der Waals surface area contributed by atoms with Crippen molar-refractivity contribution in [3.63, 3.8) is 0 Å². The van der Waals surface area contributed by atoms with E-state index in [1.54, 1.807) is 6.92 Å². The maximum absolute atomic E-state index is 11.3. The van der Waals surface area contributed by atoms with E-state index in [4.69, 9.17) is 17.5 Å². The average Bonchev–Trinajstić information content (AvgIpc) is 2.02. The first kappa shape index (κ1) is 9.68. The van der Waals surface area contributed by atoms with E-state index in [0.29, 0.717) is 23.2 Å². The predicted octanol–water partition coefficient (Wildman–Crippen LogP) is 1.20. The number of nitrogens with one attached hydrogen (secondary N) is 2. The molecule has 1 aromatic rings. The Morgan fingerprint density at radius 1 is 1.54 bits per heavy atom. The lowest BCUT2D eigenvalue weighted by molar-refractivity contribution is 0.907. The fourth-order valence-electron chi connectivity index (χ4n) is 1.11. The molecule has 0 radical (unpaired) electrons. The standard InChI is InChI=1S/C8H9N3OS/c1-5-6(3-2-4-9)7(12)11-8(13)10-5/h2-3H2,1H3,(H2,10,11,12,13). The molecule has 0 aromatic carbocycles. The Morgan fingerprint density at radius 3 is 2.77 bits per heavy atom. The van der Waals surface area contributed by atoms with Gasteiger partial charge >= 0.3 is 0 Å². The third-order valence-corrected chi connectivity index (χ3v) is 1.95. The van der Waals surface area contributed by atoms with E-state index >= 15 is 0 Å². The maximum atomic E-state index is 11.3. The minimum Gasteiger partial charge on any atom is -0.336 e. The van der Waals surface area contributed by atoms with E-state index in [9.17, 15) is 4.79 Å². The second-order valence-corrected chi connectivity index (χ2v) is 3.08. The molecule has 0 spiro atoms. The highest BCUT2D eigenvalue weighted by molar-refractivity contribution is 7.71. The lowest BCUT2D eigenvalue weighted by atomic mass is 10.1. The Hall–Kier alpha value is -1.41.